The van der Waals surface area contributed by atoms with Crippen molar-refractivity contribution in [2.75, 3.05) is 13.2 Å². The second-order valence-electron chi connectivity index (χ2n) is 3.59. The molecule has 72 valence electrons. The van der Waals surface area contributed by atoms with E-state index in [0.717, 1.165) is 5.92 Å². The molecule has 0 aromatic carbocycles. The van der Waals surface area contributed by atoms with Crippen molar-refractivity contribution in [1.82, 2.24) is 0 Å². The quantitative estimate of drug-likeness (QED) is 0.702. The summed E-state index contributed by atoms with van der Waals surface area (Å²) in [5, 5.41) is 8.63. The van der Waals surface area contributed by atoms with E-state index in [1.165, 1.54) is 32.1 Å². The van der Waals surface area contributed by atoms with Gasteiger partial charge in [0.05, 0.1) is 19.3 Å². The van der Waals surface area contributed by atoms with Gasteiger partial charge >= 0.3 is 0 Å². The minimum Gasteiger partial charge on any atom is -0.394 e. The van der Waals surface area contributed by atoms with Crippen LogP contribution in [0.2, 0.25) is 0 Å². The van der Waals surface area contributed by atoms with Crippen molar-refractivity contribution < 1.29 is 9.84 Å². The molecule has 2 heteroatoms. The molecule has 1 saturated carbocycles. The third-order valence-corrected chi connectivity index (χ3v) is 2.79. The molecule has 1 aliphatic rings. The van der Waals surface area contributed by atoms with E-state index in [-0.39, 0.29) is 6.61 Å². The molecule has 0 aromatic heterocycles. The third kappa shape index (κ3) is 2.76. The van der Waals surface area contributed by atoms with Gasteiger partial charge in [0.2, 0.25) is 0 Å². The van der Waals surface area contributed by atoms with Gasteiger partial charge in [-0.25, -0.2) is 0 Å². The SMILES string of the molecule is CC[C@@H]1CCCC[C@H]1OCCO. The largest absolute Gasteiger partial charge is 0.394 e. The van der Waals surface area contributed by atoms with Crippen molar-refractivity contribution in [3.8, 4) is 0 Å². The topological polar surface area (TPSA) is 29.5 Å². The molecule has 0 saturated heterocycles. The van der Waals surface area contributed by atoms with Gasteiger partial charge in [0, 0.05) is 0 Å². The zero-order valence-electron chi connectivity index (χ0n) is 7.96. The molecule has 1 N–H and O–H groups in total. The normalized spacial score (nSPS) is 30.5. The Morgan fingerprint density at radius 3 is 2.75 bits per heavy atom. The maximum atomic E-state index is 8.63. The van der Waals surface area contributed by atoms with Gasteiger partial charge in [0.25, 0.3) is 0 Å². The molecule has 12 heavy (non-hydrogen) atoms. The summed E-state index contributed by atoms with van der Waals surface area (Å²) in [6.45, 7) is 2.90. The first-order valence-corrected chi connectivity index (χ1v) is 5.11. The van der Waals surface area contributed by atoms with E-state index in [1.807, 2.05) is 0 Å². The summed E-state index contributed by atoms with van der Waals surface area (Å²) in [6.07, 6.45) is 6.81. The maximum Gasteiger partial charge on any atom is 0.0701 e. The highest BCUT2D eigenvalue weighted by Gasteiger charge is 2.23. The molecule has 0 spiro atoms. The number of rotatable bonds is 4. The molecule has 0 amide bonds. The molecule has 1 rings (SSSR count). The van der Waals surface area contributed by atoms with Crippen LogP contribution in [-0.2, 0) is 4.74 Å². The lowest BCUT2D eigenvalue weighted by Gasteiger charge is -2.30. The molecule has 2 nitrogen and oxygen atoms in total. The molecule has 0 aliphatic heterocycles. The Labute approximate surface area is 74.9 Å². The van der Waals surface area contributed by atoms with Crippen LogP contribution < -0.4 is 0 Å². The monoisotopic (exact) mass is 172 g/mol. The molecule has 1 fully saturated rings. The van der Waals surface area contributed by atoms with Crippen molar-refractivity contribution >= 4 is 0 Å². The second kappa shape index (κ2) is 5.55. The summed E-state index contributed by atoms with van der Waals surface area (Å²) in [5.41, 5.74) is 0. The van der Waals surface area contributed by atoms with Gasteiger partial charge in [-0.05, 0) is 18.8 Å². The number of aliphatic hydroxyl groups is 1. The van der Waals surface area contributed by atoms with Gasteiger partial charge in [-0.2, -0.15) is 0 Å². The molecule has 0 radical (unpaired) electrons. The Kier molecular flexibility index (Phi) is 4.62. The van der Waals surface area contributed by atoms with Crippen molar-refractivity contribution in [2.45, 2.75) is 45.1 Å². The van der Waals surface area contributed by atoms with E-state index in [4.69, 9.17) is 9.84 Å². The maximum absolute atomic E-state index is 8.63. The van der Waals surface area contributed by atoms with Crippen LogP contribution in [0.5, 0.6) is 0 Å². The number of aliphatic hydroxyl groups excluding tert-OH is 1. The Bertz CT molecular complexity index is 114. The van der Waals surface area contributed by atoms with E-state index in [0.29, 0.717) is 12.7 Å². The van der Waals surface area contributed by atoms with Crippen LogP contribution in [0.25, 0.3) is 0 Å². The zero-order chi connectivity index (χ0) is 8.81. The third-order valence-electron chi connectivity index (χ3n) is 2.79. The van der Waals surface area contributed by atoms with E-state index < -0.39 is 0 Å². The fraction of sp³-hybridized carbons (Fsp3) is 1.00. The van der Waals surface area contributed by atoms with E-state index in [1.54, 1.807) is 0 Å². The van der Waals surface area contributed by atoms with Gasteiger partial charge in [-0.15, -0.1) is 0 Å². The van der Waals surface area contributed by atoms with Gasteiger partial charge in [-0.3, -0.25) is 0 Å². The van der Waals surface area contributed by atoms with Crippen LogP contribution in [0.15, 0.2) is 0 Å². The van der Waals surface area contributed by atoms with Crippen molar-refractivity contribution in [1.29, 1.82) is 0 Å². The minimum absolute atomic E-state index is 0.160. The smallest absolute Gasteiger partial charge is 0.0701 e. The summed E-state index contributed by atoms with van der Waals surface area (Å²) in [7, 11) is 0. The first-order valence-electron chi connectivity index (χ1n) is 5.11. The zero-order valence-corrected chi connectivity index (χ0v) is 7.96. The van der Waals surface area contributed by atoms with Crippen molar-refractivity contribution in [3.63, 3.8) is 0 Å². The van der Waals surface area contributed by atoms with Crippen LogP contribution in [-0.4, -0.2) is 24.4 Å². The van der Waals surface area contributed by atoms with Gasteiger partial charge < -0.3 is 9.84 Å². The number of hydrogen-bond acceptors (Lipinski definition) is 2. The highest BCUT2D eigenvalue weighted by Crippen LogP contribution is 2.28. The van der Waals surface area contributed by atoms with Gasteiger partial charge in [0.15, 0.2) is 0 Å². The van der Waals surface area contributed by atoms with Gasteiger partial charge in [-0.1, -0.05) is 26.2 Å². The van der Waals surface area contributed by atoms with Crippen molar-refractivity contribution in [3.05, 3.63) is 0 Å². The summed E-state index contributed by atoms with van der Waals surface area (Å²) in [6, 6.07) is 0. The lowest BCUT2D eigenvalue weighted by Crippen LogP contribution is -2.28. The Balaban J connectivity index is 2.26. The summed E-state index contributed by atoms with van der Waals surface area (Å²) in [4.78, 5) is 0. The minimum atomic E-state index is 0.160. The van der Waals surface area contributed by atoms with Crippen LogP contribution in [0.1, 0.15) is 39.0 Å². The summed E-state index contributed by atoms with van der Waals surface area (Å²) >= 11 is 0. The molecule has 0 bridgehead atoms. The van der Waals surface area contributed by atoms with Gasteiger partial charge in [0.1, 0.15) is 0 Å². The lowest BCUT2D eigenvalue weighted by molar-refractivity contribution is -0.0258. The Hall–Kier alpha value is -0.0800. The van der Waals surface area contributed by atoms with Crippen molar-refractivity contribution in [2.24, 2.45) is 5.92 Å². The predicted molar refractivity (Wildman–Crippen MR) is 49.1 cm³/mol. The first-order chi connectivity index (χ1) is 5.88. The fourth-order valence-corrected chi connectivity index (χ4v) is 2.06. The average Bonchev–Trinajstić information content (AvgIpc) is 2.15. The highest BCUT2D eigenvalue weighted by molar-refractivity contribution is 4.74. The molecule has 1 aliphatic carbocycles. The molecule has 2 atom stereocenters. The highest BCUT2D eigenvalue weighted by atomic mass is 16.5. The Morgan fingerprint density at radius 2 is 2.08 bits per heavy atom. The summed E-state index contributed by atoms with van der Waals surface area (Å²) in [5.74, 6) is 0.741. The van der Waals surface area contributed by atoms with E-state index >= 15 is 0 Å². The van der Waals surface area contributed by atoms with Crippen LogP contribution in [0.3, 0.4) is 0 Å². The summed E-state index contributed by atoms with van der Waals surface area (Å²) < 4.78 is 5.59. The lowest BCUT2D eigenvalue weighted by atomic mass is 9.85. The standard InChI is InChI=1S/C10H20O2/c1-2-9-5-3-4-6-10(9)12-8-7-11/h9-11H,2-8H2,1H3/t9-,10-/m1/s1. The first kappa shape index (κ1) is 10.0. The molecule has 0 aromatic rings. The molecular formula is C10H20O2. The predicted octanol–water partition coefficient (Wildman–Crippen LogP) is 1.96. The fourth-order valence-electron chi connectivity index (χ4n) is 2.06. The molecular weight excluding hydrogens is 152 g/mol. The average molecular weight is 172 g/mol. The second-order valence-corrected chi connectivity index (χ2v) is 3.59. The van der Waals surface area contributed by atoms with Crippen LogP contribution in [0, 0.1) is 5.92 Å². The number of hydrogen-bond donors (Lipinski definition) is 1. The van der Waals surface area contributed by atoms with Crippen LogP contribution >= 0.6 is 0 Å². The van der Waals surface area contributed by atoms with E-state index in [2.05, 4.69) is 6.92 Å². The molecule has 0 heterocycles. The number of ether oxygens (including phenoxy) is 1. The van der Waals surface area contributed by atoms with E-state index in [9.17, 15) is 0 Å². The molecule has 0 unspecified atom stereocenters. The Morgan fingerprint density at radius 1 is 1.33 bits per heavy atom. The van der Waals surface area contributed by atoms with Crippen LogP contribution in [0.4, 0.5) is 0 Å².